The molecule has 0 saturated carbocycles. The number of esters is 1. The van der Waals surface area contributed by atoms with Crippen molar-refractivity contribution in [2.75, 3.05) is 13.2 Å². The Hall–Kier alpha value is -0.830. The van der Waals surface area contributed by atoms with Gasteiger partial charge < -0.3 is 9.47 Å². The summed E-state index contributed by atoms with van der Waals surface area (Å²) in [5.41, 5.74) is -0.208. The zero-order chi connectivity index (χ0) is 9.19. The Balaban J connectivity index is 2.58. The highest BCUT2D eigenvalue weighted by atomic mass is 16.6. The average Bonchev–Trinajstić information content (AvgIpc) is 2.24. The molecule has 0 bridgehead atoms. The fraction of sp³-hybridized carbons (Fsp3) is 0.667. The Bertz CT molecular complexity index is 196. The molecule has 3 nitrogen and oxygen atoms in total. The van der Waals surface area contributed by atoms with E-state index in [9.17, 15) is 4.79 Å². The van der Waals surface area contributed by atoms with Crippen LogP contribution < -0.4 is 0 Å². The third kappa shape index (κ3) is 1.67. The van der Waals surface area contributed by atoms with Crippen molar-refractivity contribution in [3.05, 3.63) is 12.7 Å². The normalized spacial score (nSPS) is 26.8. The minimum Gasteiger partial charge on any atom is -0.463 e. The van der Waals surface area contributed by atoms with E-state index < -0.39 is 6.10 Å². The lowest BCUT2D eigenvalue weighted by molar-refractivity contribution is -0.147. The number of cyclic esters (lactones) is 1. The van der Waals surface area contributed by atoms with Crippen LogP contribution in [0.1, 0.15) is 13.8 Å². The summed E-state index contributed by atoms with van der Waals surface area (Å²) in [6.07, 6.45) is 1.19. The fourth-order valence-electron chi connectivity index (χ4n) is 1.19. The van der Waals surface area contributed by atoms with E-state index in [4.69, 9.17) is 9.47 Å². The van der Waals surface area contributed by atoms with E-state index in [0.29, 0.717) is 13.2 Å². The Morgan fingerprint density at radius 3 is 2.92 bits per heavy atom. The van der Waals surface area contributed by atoms with E-state index in [1.165, 1.54) is 0 Å². The summed E-state index contributed by atoms with van der Waals surface area (Å²) in [6.45, 7) is 8.25. The highest BCUT2D eigenvalue weighted by Crippen LogP contribution is 2.30. The minimum atomic E-state index is -0.435. The lowest BCUT2D eigenvalue weighted by Crippen LogP contribution is -2.32. The largest absolute Gasteiger partial charge is 0.463 e. The maximum atomic E-state index is 11.1. The van der Waals surface area contributed by atoms with Gasteiger partial charge in [-0.2, -0.15) is 0 Å². The highest BCUT2D eigenvalue weighted by Gasteiger charge is 2.44. The SMILES string of the molecule is C=CCO[C@H]1C(=O)OCC1(C)C. The summed E-state index contributed by atoms with van der Waals surface area (Å²) >= 11 is 0. The molecule has 1 saturated heterocycles. The molecule has 1 aliphatic heterocycles. The first-order valence-electron chi connectivity index (χ1n) is 3.97. The number of hydrogen-bond acceptors (Lipinski definition) is 3. The van der Waals surface area contributed by atoms with Gasteiger partial charge in [-0.3, -0.25) is 0 Å². The molecule has 3 heteroatoms. The van der Waals surface area contributed by atoms with Gasteiger partial charge in [0, 0.05) is 5.41 Å². The van der Waals surface area contributed by atoms with Crippen molar-refractivity contribution in [1.82, 2.24) is 0 Å². The summed E-state index contributed by atoms with van der Waals surface area (Å²) in [6, 6.07) is 0. The van der Waals surface area contributed by atoms with E-state index in [2.05, 4.69) is 6.58 Å². The van der Waals surface area contributed by atoms with Gasteiger partial charge in [0.05, 0.1) is 13.2 Å². The summed E-state index contributed by atoms with van der Waals surface area (Å²) < 4.78 is 10.2. The van der Waals surface area contributed by atoms with E-state index in [-0.39, 0.29) is 11.4 Å². The molecule has 0 aromatic carbocycles. The van der Waals surface area contributed by atoms with Gasteiger partial charge in [0.25, 0.3) is 0 Å². The van der Waals surface area contributed by atoms with Crippen LogP contribution in [-0.2, 0) is 14.3 Å². The number of hydrogen-bond donors (Lipinski definition) is 0. The first-order chi connectivity index (χ1) is 5.58. The van der Waals surface area contributed by atoms with Gasteiger partial charge in [-0.15, -0.1) is 6.58 Å². The van der Waals surface area contributed by atoms with Crippen LogP contribution in [0.3, 0.4) is 0 Å². The third-order valence-electron chi connectivity index (χ3n) is 1.89. The molecule has 0 N–H and O–H groups in total. The van der Waals surface area contributed by atoms with Crippen molar-refractivity contribution in [1.29, 1.82) is 0 Å². The van der Waals surface area contributed by atoms with Crippen LogP contribution in [0.15, 0.2) is 12.7 Å². The Labute approximate surface area is 72.4 Å². The molecule has 1 atom stereocenters. The molecule has 0 unspecified atom stereocenters. The fourth-order valence-corrected chi connectivity index (χ4v) is 1.19. The summed E-state index contributed by atoms with van der Waals surface area (Å²) in [4.78, 5) is 11.1. The lowest BCUT2D eigenvalue weighted by Gasteiger charge is -2.20. The molecule has 12 heavy (non-hydrogen) atoms. The molecule has 0 aromatic heterocycles. The molecule has 1 heterocycles. The van der Waals surface area contributed by atoms with Gasteiger partial charge in [-0.1, -0.05) is 19.9 Å². The molecule has 0 aromatic rings. The van der Waals surface area contributed by atoms with Crippen molar-refractivity contribution in [3.8, 4) is 0 Å². The molecule has 0 aliphatic carbocycles. The highest BCUT2D eigenvalue weighted by molar-refractivity contribution is 5.77. The van der Waals surface area contributed by atoms with Crippen LogP contribution in [0.4, 0.5) is 0 Å². The van der Waals surface area contributed by atoms with Gasteiger partial charge in [0.2, 0.25) is 0 Å². The Morgan fingerprint density at radius 2 is 2.50 bits per heavy atom. The quantitative estimate of drug-likeness (QED) is 0.470. The molecule has 0 amide bonds. The van der Waals surface area contributed by atoms with Crippen molar-refractivity contribution in [3.63, 3.8) is 0 Å². The van der Waals surface area contributed by atoms with E-state index in [1.807, 2.05) is 13.8 Å². The number of carbonyl (C=O) groups is 1. The predicted molar refractivity (Wildman–Crippen MR) is 44.7 cm³/mol. The van der Waals surface area contributed by atoms with Crippen molar-refractivity contribution in [2.45, 2.75) is 20.0 Å². The Morgan fingerprint density at radius 1 is 1.83 bits per heavy atom. The van der Waals surface area contributed by atoms with Crippen molar-refractivity contribution < 1.29 is 14.3 Å². The molecule has 68 valence electrons. The van der Waals surface area contributed by atoms with Crippen LogP contribution in [-0.4, -0.2) is 25.3 Å². The van der Waals surface area contributed by atoms with Crippen LogP contribution in [0, 0.1) is 5.41 Å². The molecule has 0 radical (unpaired) electrons. The zero-order valence-corrected chi connectivity index (χ0v) is 7.50. The summed E-state index contributed by atoms with van der Waals surface area (Å²) in [5, 5.41) is 0. The monoisotopic (exact) mass is 170 g/mol. The second-order valence-electron chi connectivity index (χ2n) is 3.60. The van der Waals surface area contributed by atoms with Crippen molar-refractivity contribution in [2.24, 2.45) is 5.41 Å². The van der Waals surface area contributed by atoms with E-state index in [0.717, 1.165) is 0 Å². The van der Waals surface area contributed by atoms with Gasteiger partial charge in [-0.25, -0.2) is 4.79 Å². The maximum Gasteiger partial charge on any atom is 0.335 e. The lowest BCUT2D eigenvalue weighted by atomic mass is 9.90. The molecule has 1 rings (SSSR count). The average molecular weight is 170 g/mol. The van der Waals surface area contributed by atoms with Gasteiger partial charge in [-0.05, 0) is 0 Å². The summed E-state index contributed by atoms with van der Waals surface area (Å²) in [5.74, 6) is -0.262. The number of rotatable bonds is 3. The Kier molecular flexibility index (Phi) is 2.52. The van der Waals surface area contributed by atoms with Gasteiger partial charge >= 0.3 is 5.97 Å². The van der Waals surface area contributed by atoms with Gasteiger partial charge in [0.15, 0.2) is 6.10 Å². The van der Waals surface area contributed by atoms with E-state index in [1.54, 1.807) is 6.08 Å². The second kappa shape index (κ2) is 3.27. The van der Waals surface area contributed by atoms with Crippen molar-refractivity contribution >= 4 is 5.97 Å². The second-order valence-corrected chi connectivity index (χ2v) is 3.60. The first-order valence-corrected chi connectivity index (χ1v) is 3.97. The maximum absolute atomic E-state index is 11.1. The molecule has 1 fully saturated rings. The molecule has 1 aliphatic rings. The topological polar surface area (TPSA) is 35.5 Å². The van der Waals surface area contributed by atoms with Crippen LogP contribution in [0.2, 0.25) is 0 Å². The number of carbonyl (C=O) groups excluding carboxylic acids is 1. The molecular weight excluding hydrogens is 156 g/mol. The van der Waals surface area contributed by atoms with Gasteiger partial charge in [0.1, 0.15) is 0 Å². The standard InChI is InChI=1S/C9H14O3/c1-4-5-11-7-8(10)12-6-9(7,2)3/h4,7H,1,5-6H2,2-3H3/t7-/m0/s1. The van der Waals surface area contributed by atoms with E-state index >= 15 is 0 Å². The van der Waals surface area contributed by atoms with Crippen LogP contribution >= 0.6 is 0 Å². The minimum absolute atomic E-state index is 0.208. The smallest absolute Gasteiger partial charge is 0.335 e. The predicted octanol–water partition coefficient (Wildman–Crippen LogP) is 1.14. The first kappa shape index (κ1) is 9.26. The zero-order valence-electron chi connectivity index (χ0n) is 7.50. The van der Waals surface area contributed by atoms with Crippen LogP contribution in [0.5, 0.6) is 0 Å². The number of ether oxygens (including phenoxy) is 2. The third-order valence-corrected chi connectivity index (χ3v) is 1.89. The van der Waals surface area contributed by atoms with Crippen LogP contribution in [0.25, 0.3) is 0 Å². The summed E-state index contributed by atoms with van der Waals surface area (Å²) in [7, 11) is 0. The molecular formula is C9H14O3. The molecule has 0 spiro atoms.